The van der Waals surface area contributed by atoms with Gasteiger partial charge >= 0.3 is 0 Å². The van der Waals surface area contributed by atoms with E-state index in [4.69, 9.17) is 9.47 Å². The molecule has 0 aromatic heterocycles. The van der Waals surface area contributed by atoms with Crippen LogP contribution in [0.25, 0.3) is 0 Å². The Labute approximate surface area is 177 Å². The summed E-state index contributed by atoms with van der Waals surface area (Å²) >= 11 is 3.43. The average molecular weight is 460 g/mol. The quantitative estimate of drug-likeness (QED) is 0.320. The second-order valence-corrected chi connectivity index (χ2v) is 6.70. The maximum atomic E-state index is 11.9. The first-order valence-corrected chi connectivity index (χ1v) is 9.60. The summed E-state index contributed by atoms with van der Waals surface area (Å²) in [6.45, 7) is 3.96. The van der Waals surface area contributed by atoms with Crippen molar-refractivity contribution >= 4 is 39.6 Å². The molecule has 0 aliphatic heterocycles. The molecule has 0 saturated carbocycles. The van der Waals surface area contributed by atoms with Gasteiger partial charge in [-0.05, 0) is 45.8 Å². The number of benzene rings is 2. The third-order valence-electron chi connectivity index (χ3n) is 3.64. The summed E-state index contributed by atoms with van der Waals surface area (Å²) in [5.41, 5.74) is 3.79. The molecule has 0 radical (unpaired) electrons. The van der Waals surface area contributed by atoms with Gasteiger partial charge in [-0.25, -0.2) is 5.43 Å². The van der Waals surface area contributed by atoms with E-state index < -0.39 is 0 Å². The van der Waals surface area contributed by atoms with Gasteiger partial charge in [0.2, 0.25) is 11.8 Å². The van der Waals surface area contributed by atoms with Crippen LogP contribution in [0, 0.1) is 0 Å². The number of amides is 2. The molecular weight excluding hydrogens is 438 g/mol. The molecule has 0 unspecified atom stereocenters. The van der Waals surface area contributed by atoms with E-state index in [1.54, 1.807) is 30.3 Å². The van der Waals surface area contributed by atoms with Gasteiger partial charge in [0, 0.05) is 18.5 Å². The molecule has 2 rings (SSSR count). The van der Waals surface area contributed by atoms with Crippen molar-refractivity contribution in [3.63, 3.8) is 0 Å². The fourth-order valence-electron chi connectivity index (χ4n) is 2.30. The Morgan fingerprint density at radius 1 is 1.17 bits per heavy atom. The maximum Gasteiger partial charge on any atom is 0.240 e. The minimum absolute atomic E-state index is 0.0252. The minimum atomic E-state index is -0.360. The molecule has 2 N–H and O–H groups in total. The number of methoxy groups -OCH3 is 1. The summed E-state index contributed by atoms with van der Waals surface area (Å²) < 4.78 is 11.6. The highest BCUT2D eigenvalue weighted by atomic mass is 79.9. The molecule has 2 aromatic carbocycles. The molecule has 0 saturated heterocycles. The zero-order valence-electron chi connectivity index (χ0n) is 16.0. The number of anilines is 1. The van der Waals surface area contributed by atoms with Crippen molar-refractivity contribution in [1.82, 2.24) is 5.43 Å². The molecule has 0 heterocycles. The lowest BCUT2D eigenvalue weighted by molar-refractivity contribution is -0.124. The number of carbonyl (C=O) groups is 2. The lowest BCUT2D eigenvalue weighted by Gasteiger charge is -2.12. The number of hydrogen-bond acceptors (Lipinski definition) is 5. The van der Waals surface area contributed by atoms with Crippen molar-refractivity contribution < 1.29 is 19.1 Å². The van der Waals surface area contributed by atoms with E-state index in [0.29, 0.717) is 33.8 Å². The fraction of sp³-hybridized carbons (Fsp3) is 0.190. The van der Waals surface area contributed by atoms with E-state index in [-0.39, 0.29) is 24.7 Å². The van der Waals surface area contributed by atoms with Crippen LogP contribution in [-0.4, -0.2) is 31.7 Å². The SMILES string of the molecule is C=CCOc1c(Br)cc(C=NNC(=O)CCC(=O)Nc2ccccc2)cc1OC. The first-order chi connectivity index (χ1) is 14.0. The largest absolute Gasteiger partial charge is 0.493 e. The van der Waals surface area contributed by atoms with E-state index in [9.17, 15) is 9.59 Å². The Balaban J connectivity index is 1.85. The number of para-hydroxylation sites is 1. The molecule has 0 fully saturated rings. The number of carbonyl (C=O) groups excluding carboxylic acids is 2. The Bertz CT molecular complexity index is 885. The summed E-state index contributed by atoms with van der Waals surface area (Å²) in [6, 6.07) is 12.6. The van der Waals surface area contributed by atoms with Gasteiger partial charge in [-0.3, -0.25) is 9.59 Å². The number of nitrogens with zero attached hydrogens (tertiary/aromatic N) is 1. The summed E-state index contributed by atoms with van der Waals surface area (Å²) in [4.78, 5) is 23.7. The number of hydrazone groups is 1. The molecule has 0 spiro atoms. The van der Waals surface area contributed by atoms with E-state index >= 15 is 0 Å². The van der Waals surface area contributed by atoms with Gasteiger partial charge in [0.05, 0.1) is 17.8 Å². The smallest absolute Gasteiger partial charge is 0.240 e. The zero-order valence-corrected chi connectivity index (χ0v) is 17.6. The van der Waals surface area contributed by atoms with Gasteiger partial charge in [0.15, 0.2) is 11.5 Å². The number of halogens is 1. The highest BCUT2D eigenvalue weighted by Gasteiger charge is 2.11. The van der Waals surface area contributed by atoms with Crippen LogP contribution in [0.15, 0.2) is 64.7 Å². The Morgan fingerprint density at radius 3 is 2.59 bits per heavy atom. The zero-order chi connectivity index (χ0) is 21.1. The number of hydrogen-bond donors (Lipinski definition) is 2. The summed E-state index contributed by atoms with van der Waals surface area (Å²) in [5, 5.41) is 6.65. The van der Waals surface area contributed by atoms with Crippen molar-refractivity contribution in [2.75, 3.05) is 19.0 Å². The van der Waals surface area contributed by atoms with Crippen molar-refractivity contribution in [2.45, 2.75) is 12.8 Å². The Hall–Kier alpha value is -3.13. The molecule has 0 aliphatic carbocycles. The van der Waals surface area contributed by atoms with Crippen LogP contribution >= 0.6 is 15.9 Å². The predicted molar refractivity (Wildman–Crippen MR) is 116 cm³/mol. The van der Waals surface area contributed by atoms with Crippen LogP contribution in [0.4, 0.5) is 5.69 Å². The van der Waals surface area contributed by atoms with Crippen molar-refractivity contribution in [1.29, 1.82) is 0 Å². The molecular formula is C21H22BrN3O4. The average Bonchev–Trinajstić information content (AvgIpc) is 2.72. The van der Waals surface area contributed by atoms with E-state index in [2.05, 4.69) is 38.4 Å². The topological polar surface area (TPSA) is 89.0 Å². The van der Waals surface area contributed by atoms with Crippen LogP contribution in [0.5, 0.6) is 11.5 Å². The number of nitrogens with one attached hydrogen (secondary N) is 2. The molecule has 2 amide bonds. The summed E-state index contributed by atoms with van der Waals surface area (Å²) in [6.07, 6.45) is 3.20. The van der Waals surface area contributed by atoms with Crippen LogP contribution in [0.3, 0.4) is 0 Å². The van der Waals surface area contributed by atoms with Gasteiger partial charge in [-0.2, -0.15) is 5.10 Å². The molecule has 0 atom stereocenters. The number of ether oxygens (including phenoxy) is 2. The van der Waals surface area contributed by atoms with Crippen molar-refractivity contribution in [3.8, 4) is 11.5 Å². The summed E-state index contributed by atoms with van der Waals surface area (Å²) in [7, 11) is 1.53. The molecule has 0 aliphatic rings. The Kier molecular flexibility index (Phi) is 8.91. The highest BCUT2D eigenvalue weighted by molar-refractivity contribution is 9.10. The first-order valence-electron chi connectivity index (χ1n) is 8.81. The highest BCUT2D eigenvalue weighted by Crippen LogP contribution is 2.36. The third-order valence-corrected chi connectivity index (χ3v) is 4.23. The Morgan fingerprint density at radius 2 is 1.90 bits per heavy atom. The van der Waals surface area contributed by atoms with Gasteiger partial charge in [0.1, 0.15) is 6.61 Å². The van der Waals surface area contributed by atoms with Crippen molar-refractivity contribution in [3.05, 3.63) is 65.2 Å². The predicted octanol–water partition coefficient (Wildman–Crippen LogP) is 3.89. The van der Waals surface area contributed by atoms with Gasteiger partial charge in [0.25, 0.3) is 0 Å². The third kappa shape index (κ3) is 7.42. The normalized spacial score (nSPS) is 10.4. The van der Waals surface area contributed by atoms with Crippen molar-refractivity contribution in [2.24, 2.45) is 5.10 Å². The second kappa shape index (κ2) is 11.7. The molecule has 29 heavy (non-hydrogen) atoms. The second-order valence-electron chi connectivity index (χ2n) is 5.84. The monoisotopic (exact) mass is 459 g/mol. The van der Waals surface area contributed by atoms with Crippen LogP contribution in [-0.2, 0) is 9.59 Å². The first kappa shape index (κ1) is 22.2. The van der Waals surface area contributed by atoms with E-state index in [0.717, 1.165) is 0 Å². The molecule has 2 aromatic rings. The number of rotatable bonds is 10. The maximum absolute atomic E-state index is 11.9. The van der Waals surface area contributed by atoms with Gasteiger partial charge < -0.3 is 14.8 Å². The fourth-order valence-corrected chi connectivity index (χ4v) is 2.88. The minimum Gasteiger partial charge on any atom is -0.493 e. The van der Waals surface area contributed by atoms with Gasteiger partial charge in [-0.1, -0.05) is 30.9 Å². The van der Waals surface area contributed by atoms with Crippen LogP contribution < -0.4 is 20.2 Å². The summed E-state index contributed by atoms with van der Waals surface area (Å²) in [5.74, 6) is 0.477. The lowest BCUT2D eigenvalue weighted by Crippen LogP contribution is -2.20. The lowest BCUT2D eigenvalue weighted by atomic mass is 10.2. The standard InChI is InChI=1S/C21H22BrN3O4/c1-3-11-29-21-17(22)12-15(13-18(21)28-2)14-23-25-20(27)10-9-19(26)24-16-7-5-4-6-8-16/h3-8,12-14H,1,9-11H2,2H3,(H,24,26)(H,25,27). The van der Waals surface area contributed by atoms with E-state index in [1.165, 1.54) is 13.3 Å². The van der Waals surface area contributed by atoms with Crippen LogP contribution in [0.2, 0.25) is 0 Å². The molecule has 7 nitrogen and oxygen atoms in total. The molecule has 8 heteroatoms. The van der Waals surface area contributed by atoms with Crippen LogP contribution in [0.1, 0.15) is 18.4 Å². The van der Waals surface area contributed by atoms with E-state index in [1.807, 2.05) is 18.2 Å². The molecule has 0 bridgehead atoms. The van der Waals surface area contributed by atoms with Gasteiger partial charge in [-0.15, -0.1) is 0 Å². The molecule has 152 valence electrons.